The van der Waals surface area contributed by atoms with Gasteiger partial charge in [0.15, 0.2) is 8.07 Å². The van der Waals surface area contributed by atoms with E-state index in [4.69, 9.17) is 0 Å². The molecule has 20 rings (SSSR count). The number of para-hydroxylation sites is 5. The zero-order chi connectivity index (χ0) is 62.3. The zero-order valence-corrected chi connectivity index (χ0v) is 52.8. The minimum atomic E-state index is -3.19. The number of hydrogen-bond acceptors (Lipinski definition) is 0. The van der Waals surface area contributed by atoms with E-state index in [9.17, 15) is 0 Å². The van der Waals surface area contributed by atoms with Gasteiger partial charge in [-0.3, -0.25) is 0 Å². The predicted octanol–water partition coefficient (Wildman–Crippen LogP) is 20.6. The van der Waals surface area contributed by atoms with E-state index in [1.165, 1.54) is 135 Å². The van der Waals surface area contributed by atoms with Crippen LogP contribution in [0.15, 0.2) is 352 Å². The van der Waals surface area contributed by atoms with E-state index < -0.39 is 8.07 Å². The summed E-state index contributed by atoms with van der Waals surface area (Å²) in [6.07, 6.45) is 0. The Hall–Kier alpha value is -12.3. The van der Waals surface area contributed by atoms with Gasteiger partial charge in [-0.15, -0.1) is 0 Å². The normalized spacial score (nSPS) is 12.2. The average Bonchev–Trinajstić information content (AvgIpc) is 1.50. The second-order valence-electron chi connectivity index (χ2n) is 25.4. The number of rotatable bonds is 9. The van der Waals surface area contributed by atoms with Gasteiger partial charge in [-0.25, -0.2) is 0 Å². The highest BCUT2D eigenvalue weighted by Gasteiger charge is 2.42. The first kappa shape index (κ1) is 53.4. The molecule has 4 nitrogen and oxygen atoms in total. The molecule has 95 heavy (non-hydrogen) atoms. The van der Waals surface area contributed by atoms with Crippen LogP contribution >= 0.6 is 0 Å². The molecule has 0 saturated carbocycles. The number of benzene rings is 16. The summed E-state index contributed by atoms with van der Waals surface area (Å²) >= 11 is 0. The maximum atomic E-state index is 2.57. The summed E-state index contributed by atoms with van der Waals surface area (Å²) in [5, 5.41) is 22.7. The fraction of sp³-hybridized carbons (Fsp3) is 0. The summed E-state index contributed by atoms with van der Waals surface area (Å²) in [4.78, 5) is 0. The fourth-order valence-electron chi connectivity index (χ4n) is 16.8. The highest BCUT2D eigenvalue weighted by molar-refractivity contribution is 7.20. The van der Waals surface area contributed by atoms with Crippen LogP contribution in [-0.2, 0) is 0 Å². The van der Waals surface area contributed by atoms with Gasteiger partial charge in [0.1, 0.15) is 0 Å². The monoisotopic (exact) mass is 1220 g/mol. The SMILES string of the molecule is c1ccc(-n2c3ccccc3c3c(-c4cccc([Si](c5ccccc5)(c5ccccc5)c5cccc(-n6c7ccc(-n8c9ccccc9c9cc(-n%10c%11ccccc%11c%11ccccc%11%10)ccc98)cc7c7c8c9ccccc9c9ccccc9c8ccc76)c5)c4)cccc32)cc1. The molecule has 0 atom stereocenters. The van der Waals surface area contributed by atoms with Crippen molar-refractivity contribution in [2.45, 2.75) is 0 Å². The van der Waals surface area contributed by atoms with Crippen molar-refractivity contribution in [2.75, 3.05) is 0 Å². The maximum Gasteiger partial charge on any atom is 0.179 e. The quantitative estimate of drug-likeness (QED) is 0.0780. The molecule has 0 saturated heterocycles. The van der Waals surface area contributed by atoms with Crippen molar-refractivity contribution in [3.05, 3.63) is 352 Å². The summed E-state index contributed by atoms with van der Waals surface area (Å²) in [6, 6.07) is 132. The van der Waals surface area contributed by atoms with Gasteiger partial charge in [0.05, 0.1) is 44.1 Å². The second-order valence-corrected chi connectivity index (χ2v) is 29.2. The molecule has 442 valence electrons. The summed E-state index contributed by atoms with van der Waals surface area (Å²) < 4.78 is 9.92. The lowest BCUT2D eigenvalue weighted by molar-refractivity contribution is 1.16. The minimum Gasteiger partial charge on any atom is -0.309 e. The minimum absolute atomic E-state index is 1.11. The van der Waals surface area contributed by atoms with Gasteiger partial charge in [-0.2, -0.15) is 0 Å². The van der Waals surface area contributed by atoms with E-state index in [-0.39, 0.29) is 0 Å². The average molecular weight is 1220 g/mol. The Bertz CT molecular complexity index is 6400. The Morgan fingerprint density at radius 2 is 0.526 bits per heavy atom. The highest BCUT2D eigenvalue weighted by atomic mass is 28.3. The number of aromatic nitrogens is 4. The van der Waals surface area contributed by atoms with Crippen LogP contribution in [0.25, 0.3) is 153 Å². The largest absolute Gasteiger partial charge is 0.309 e. The van der Waals surface area contributed by atoms with Gasteiger partial charge >= 0.3 is 0 Å². The van der Waals surface area contributed by atoms with Gasteiger partial charge in [0.2, 0.25) is 0 Å². The molecule has 0 N–H and O–H groups in total. The van der Waals surface area contributed by atoms with Gasteiger partial charge in [-0.1, -0.05) is 255 Å². The first-order valence-corrected chi connectivity index (χ1v) is 34.9. The van der Waals surface area contributed by atoms with Crippen molar-refractivity contribution < 1.29 is 0 Å². The number of nitrogens with zero attached hydrogens (tertiary/aromatic N) is 4. The highest BCUT2D eigenvalue weighted by Crippen LogP contribution is 2.46. The molecule has 0 fully saturated rings. The number of hydrogen-bond donors (Lipinski definition) is 0. The zero-order valence-electron chi connectivity index (χ0n) is 51.8. The van der Waals surface area contributed by atoms with Gasteiger partial charge < -0.3 is 18.3 Å². The van der Waals surface area contributed by atoms with E-state index in [0.717, 1.165) is 39.3 Å². The van der Waals surface area contributed by atoms with Crippen LogP contribution in [0, 0.1) is 0 Å². The Balaban J connectivity index is 0.836. The van der Waals surface area contributed by atoms with Crippen molar-refractivity contribution in [3.63, 3.8) is 0 Å². The Labute approximate surface area is 548 Å². The summed E-state index contributed by atoms with van der Waals surface area (Å²) in [5.41, 5.74) is 16.4. The molecule has 0 unspecified atom stereocenters. The van der Waals surface area contributed by atoms with Crippen LogP contribution in [0.2, 0.25) is 0 Å². The van der Waals surface area contributed by atoms with Gasteiger partial charge in [0, 0.05) is 71.2 Å². The lowest BCUT2D eigenvalue weighted by atomic mass is 9.92. The topological polar surface area (TPSA) is 19.7 Å². The molecule has 20 aromatic rings. The first-order valence-electron chi connectivity index (χ1n) is 32.9. The standard InChI is InChI=1S/C90H58N4Si/c1-4-26-60(27-5-1)91-83-47-21-17-42-77(83)88-68(43-24-48-86(88)91)59-25-22-33-66(55-59)95(64-29-6-2-7-30-64,65-31-8-3-9-32-65)67-34-23-28-61(56-67)94-85-53-50-63(58-79(85)90-87(94)54-51-76-71-37-11-10-35-69(71)70-36-12-13-41-75(70)89(76)90)93-82-46-20-16-40-74(82)78-57-62(49-52-84(78)93)92-80-44-18-14-38-72(80)73-39-15-19-45-81(73)92/h1-58H. The van der Waals surface area contributed by atoms with Gasteiger partial charge in [0.25, 0.3) is 0 Å². The summed E-state index contributed by atoms with van der Waals surface area (Å²) in [6.45, 7) is 0. The molecule has 4 heterocycles. The van der Waals surface area contributed by atoms with E-state index in [0.29, 0.717) is 0 Å². The van der Waals surface area contributed by atoms with Crippen molar-refractivity contribution in [1.82, 2.24) is 18.3 Å². The summed E-state index contributed by atoms with van der Waals surface area (Å²) in [5.74, 6) is 0. The van der Waals surface area contributed by atoms with Crippen molar-refractivity contribution in [2.24, 2.45) is 0 Å². The van der Waals surface area contributed by atoms with E-state index in [2.05, 4.69) is 370 Å². The molecule has 0 bridgehead atoms. The Morgan fingerprint density at radius 3 is 1.14 bits per heavy atom. The van der Waals surface area contributed by atoms with Crippen molar-refractivity contribution >= 4 is 148 Å². The number of fused-ring (bicyclic) bond motifs is 19. The predicted molar refractivity (Wildman–Crippen MR) is 405 cm³/mol. The first-order chi connectivity index (χ1) is 47.2. The lowest BCUT2D eigenvalue weighted by Crippen LogP contribution is -2.74. The molecule has 0 spiro atoms. The van der Waals surface area contributed by atoms with Crippen LogP contribution in [-0.4, -0.2) is 26.3 Å². The molecule has 4 aromatic heterocycles. The second kappa shape index (κ2) is 20.9. The van der Waals surface area contributed by atoms with E-state index in [1.54, 1.807) is 0 Å². The Morgan fingerprint density at radius 1 is 0.168 bits per heavy atom. The van der Waals surface area contributed by atoms with Crippen molar-refractivity contribution in [3.8, 4) is 33.9 Å². The maximum absolute atomic E-state index is 3.19. The van der Waals surface area contributed by atoms with Crippen LogP contribution in [0.3, 0.4) is 0 Å². The Kier molecular flexibility index (Phi) is 11.7. The third-order valence-electron chi connectivity index (χ3n) is 20.6. The van der Waals surface area contributed by atoms with E-state index >= 15 is 0 Å². The van der Waals surface area contributed by atoms with Crippen LogP contribution < -0.4 is 20.7 Å². The molecule has 0 radical (unpaired) electrons. The molecular weight excluding hydrogens is 1170 g/mol. The lowest BCUT2D eigenvalue weighted by Gasteiger charge is -2.35. The van der Waals surface area contributed by atoms with Gasteiger partial charge in [-0.05, 0) is 156 Å². The molecule has 0 aliphatic heterocycles. The third kappa shape index (κ3) is 7.76. The molecular formula is C90H58N4Si. The summed E-state index contributed by atoms with van der Waals surface area (Å²) in [7, 11) is -3.19. The van der Waals surface area contributed by atoms with Crippen LogP contribution in [0.5, 0.6) is 0 Å². The van der Waals surface area contributed by atoms with Crippen LogP contribution in [0.4, 0.5) is 0 Å². The van der Waals surface area contributed by atoms with E-state index in [1.807, 2.05) is 0 Å². The molecule has 0 aliphatic carbocycles. The molecule has 0 aliphatic rings. The van der Waals surface area contributed by atoms with Crippen LogP contribution in [0.1, 0.15) is 0 Å². The molecule has 0 amide bonds. The smallest absolute Gasteiger partial charge is 0.179 e. The fourth-order valence-corrected chi connectivity index (χ4v) is 21.6. The third-order valence-corrected chi connectivity index (χ3v) is 25.4. The van der Waals surface area contributed by atoms with Crippen molar-refractivity contribution in [1.29, 1.82) is 0 Å². The molecule has 16 aromatic carbocycles. The molecule has 5 heteroatoms.